The molecule has 0 aromatic heterocycles. The molecule has 0 radical (unpaired) electrons. The van der Waals surface area contributed by atoms with E-state index in [2.05, 4.69) is 26.5 Å². The Morgan fingerprint density at radius 3 is 2.75 bits per heavy atom. The fourth-order valence-corrected chi connectivity index (χ4v) is 4.06. The van der Waals surface area contributed by atoms with Crippen molar-refractivity contribution in [2.24, 2.45) is 5.92 Å². The van der Waals surface area contributed by atoms with Crippen LogP contribution in [0.4, 0.5) is 0 Å². The molecule has 0 aromatic rings. The van der Waals surface area contributed by atoms with Crippen LogP contribution >= 0.6 is 0 Å². The van der Waals surface area contributed by atoms with Gasteiger partial charge in [0.15, 0.2) is 0 Å². The van der Waals surface area contributed by atoms with Crippen LogP contribution in [0.1, 0.15) is 65.7 Å². The maximum absolute atomic E-state index is 12.2. The highest BCUT2D eigenvalue weighted by atomic mass is 16.6. The second-order valence-electron chi connectivity index (χ2n) is 8.29. The molecule has 1 N–H and O–H groups in total. The van der Waals surface area contributed by atoms with E-state index in [4.69, 9.17) is 9.47 Å². The van der Waals surface area contributed by atoms with Crippen molar-refractivity contribution in [2.75, 3.05) is 0 Å². The molecule has 2 saturated heterocycles. The lowest BCUT2D eigenvalue weighted by molar-refractivity contribution is -0.168. The first kappa shape index (κ1) is 17.7. The highest BCUT2D eigenvalue weighted by molar-refractivity contribution is 5.89. The summed E-state index contributed by atoms with van der Waals surface area (Å²) in [6, 6.07) is 0. The zero-order chi connectivity index (χ0) is 17.5. The first-order valence-electron chi connectivity index (χ1n) is 9.17. The lowest BCUT2D eigenvalue weighted by Crippen LogP contribution is -2.47. The van der Waals surface area contributed by atoms with Crippen molar-refractivity contribution < 1.29 is 19.4 Å². The molecule has 134 valence electrons. The van der Waals surface area contributed by atoms with Crippen molar-refractivity contribution >= 4 is 5.97 Å². The first-order valence-corrected chi connectivity index (χ1v) is 9.17. The Kier molecular flexibility index (Phi) is 4.65. The number of hydrogen-bond acceptors (Lipinski definition) is 4. The van der Waals surface area contributed by atoms with Crippen LogP contribution in [0.15, 0.2) is 23.8 Å². The monoisotopic (exact) mass is 334 g/mol. The molecule has 0 unspecified atom stereocenters. The molecule has 2 bridgehead atoms. The smallest absolute Gasteiger partial charge is 0.334 e. The van der Waals surface area contributed by atoms with Crippen LogP contribution in [-0.2, 0) is 14.3 Å². The average Bonchev–Trinajstić information content (AvgIpc) is 3.16. The van der Waals surface area contributed by atoms with E-state index >= 15 is 0 Å². The number of epoxide rings is 1. The van der Waals surface area contributed by atoms with Crippen molar-refractivity contribution in [2.45, 2.75) is 89.1 Å². The summed E-state index contributed by atoms with van der Waals surface area (Å²) >= 11 is 0. The highest BCUT2D eigenvalue weighted by Crippen LogP contribution is 2.46. The van der Waals surface area contributed by atoms with Crippen LogP contribution in [0.5, 0.6) is 0 Å². The zero-order valence-corrected chi connectivity index (χ0v) is 15.1. The maximum atomic E-state index is 12.2. The first-order chi connectivity index (χ1) is 11.2. The van der Waals surface area contributed by atoms with E-state index in [-0.39, 0.29) is 17.5 Å². The van der Waals surface area contributed by atoms with E-state index < -0.39 is 11.7 Å². The predicted molar refractivity (Wildman–Crippen MR) is 92.5 cm³/mol. The summed E-state index contributed by atoms with van der Waals surface area (Å²) in [5.41, 5.74) is 0.820. The molecule has 0 amide bonds. The summed E-state index contributed by atoms with van der Waals surface area (Å²) in [5.74, 6) is -0.279. The minimum Gasteiger partial charge on any atom is -0.456 e. The number of esters is 1. The fraction of sp³-hybridized carbons (Fsp3) is 0.750. The van der Waals surface area contributed by atoms with Gasteiger partial charge < -0.3 is 14.6 Å². The van der Waals surface area contributed by atoms with Crippen molar-refractivity contribution in [1.29, 1.82) is 0 Å². The molecule has 2 heterocycles. The van der Waals surface area contributed by atoms with Gasteiger partial charge in [0, 0.05) is 5.57 Å². The van der Waals surface area contributed by atoms with Crippen molar-refractivity contribution in [3.05, 3.63) is 23.8 Å². The topological polar surface area (TPSA) is 59.1 Å². The number of aliphatic hydroxyl groups is 1. The van der Waals surface area contributed by atoms with Crippen LogP contribution in [0.3, 0.4) is 0 Å². The van der Waals surface area contributed by atoms with Gasteiger partial charge in [-0.1, -0.05) is 18.2 Å². The third kappa shape index (κ3) is 3.60. The van der Waals surface area contributed by atoms with Gasteiger partial charge in [0.2, 0.25) is 0 Å². The van der Waals surface area contributed by atoms with Crippen LogP contribution < -0.4 is 0 Å². The van der Waals surface area contributed by atoms with E-state index in [1.165, 1.54) is 5.57 Å². The van der Waals surface area contributed by atoms with Gasteiger partial charge in [-0.15, -0.1) is 0 Å². The zero-order valence-electron chi connectivity index (χ0n) is 15.1. The molecule has 0 spiro atoms. The van der Waals surface area contributed by atoms with Gasteiger partial charge in [0.25, 0.3) is 0 Å². The summed E-state index contributed by atoms with van der Waals surface area (Å²) in [6.45, 7) is 10.0. The largest absolute Gasteiger partial charge is 0.456 e. The van der Waals surface area contributed by atoms with Crippen molar-refractivity contribution in [1.82, 2.24) is 0 Å². The summed E-state index contributed by atoms with van der Waals surface area (Å²) in [4.78, 5) is 12.2. The van der Waals surface area contributed by atoms with E-state index in [1.807, 2.05) is 0 Å². The predicted octanol–water partition coefficient (Wildman–Crippen LogP) is 3.68. The molecule has 3 aliphatic rings. The molecule has 2 aliphatic heterocycles. The van der Waals surface area contributed by atoms with Crippen molar-refractivity contribution in [3.63, 3.8) is 0 Å². The minimum absolute atomic E-state index is 0.0654. The minimum atomic E-state index is -1.00. The Bertz CT molecular complexity index is 562. The molecule has 0 aromatic carbocycles. The second-order valence-corrected chi connectivity index (χ2v) is 8.29. The van der Waals surface area contributed by atoms with Crippen LogP contribution in [-0.4, -0.2) is 34.5 Å². The number of fused-ring (bicyclic) bond motifs is 3. The summed E-state index contributed by atoms with van der Waals surface area (Å²) in [5, 5.41) is 10.8. The van der Waals surface area contributed by atoms with Crippen LogP contribution in [0.2, 0.25) is 0 Å². The number of carbonyl (C=O) groups is 1. The molecule has 3 rings (SSSR count). The van der Waals surface area contributed by atoms with Gasteiger partial charge in [-0.25, -0.2) is 4.79 Å². The lowest BCUT2D eigenvalue weighted by Gasteiger charge is -2.39. The van der Waals surface area contributed by atoms with Gasteiger partial charge in [-0.3, -0.25) is 0 Å². The Hall–Kier alpha value is -1.13. The molecule has 1 aliphatic carbocycles. The molecule has 4 nitrogen and oxygen atoms in total. The Morgan fingerprint density at radius 2 is 2.00 bits per heavy atom. The summed E-state index contributed by atoms with van der Waals surface area (Å²) in [7, 11) is 0. The molecule has 2 fully saturated rings. The fourth-order valence-electron chi connectivity index (χ4n) is 4.06. The van der Waals surface area contributed by atoms with Crippen LogP contribution in [0.25, 0.3) is 0 Å². The SMILES string of the molecule is C=C1C(=O)O[C@@H]2C[C@H]1CC[C@]1(C)O[C@@H]1CC/C(C)=C\CC[C@]2(C)O. The number of carbonyl (C=O) groups excluding carboxylic acids is 1. The Balaban J connectivity index is 1.80. The number of ether oxygens (including phenoxy) is 2. The van der Waals surface area contributed by atoms with Crippen LogP contribution in [0, 0.1) is 5.92 Å². The molecule has 5 atom stereocenters. The van der Waals surface area contributed by atoms with Crippen molar-refractivity contribution in [3.8, 4) is 0 Å². The van der Waals surface area contributed by atoms with Gasteiger partial charge >= 0.3 is 5.97 Å². The van der Waals surface area contributed by atoms with E-state index in [0.29, 0.717) is 24.5 Å². The highest BCUT2D eigenvalue weighted by Gasteiger charge is 2.52. The quantitative estimate of drug-likeness (QED) is 0.318. The average molecular weight is 334 g/mol. The molecule has 4 heteroatoms. The Labute approximate surface area is 144 Å². The van der Waals surface area contributed by atoms with E-state index in [0.717, 1.165) is 32.1 Å². The summed E-state index contributed by atoms with van der Waals surface area (Å²) < 4.78 is 11.4. The Morgan fingerprint density at radius 1 is 1.25 bits per heavy atom. The molecular weight excluding hydrogens is 304 g/mol. The lowest BCUT2D eigenvalue weighted by atomic mass is 9.79. The standard InChI is InChI=1S/C20H30O4/c1-13-6-5-10-19(3,22)17-12-15(14(2)18(21)23-17)9-11-20(4)16(24-20)8-7-13/h6,15-17,22H,2,5,7-12H2,1,3-4H3/b13-6-/t15-,16-,17-,19+,20+/m1/s1. The van der Waals surface area contributed by atoms with Gasteiger partial charge in [-0.05, 0) is 71.6 Å². The maximum Gasteiger partial charge on any atom is 0.334 e. The third-order valence-corrected chi connectivity index (χ3v) is 6.17. The van der Waals surface area contributed by atoms with E-state index in [1.54, 1.807) is 6.92 Å². The third-order valence-electron chi connectivity index (χ3n) is 6.17. The number of allylic oxidation sites excluding steroid dienone is 2. The second kappa shape index (κ2) is 6.30. The summed E-state index contributed by atoms with van der Waals surface area (Å²) in [6.07, 6.45) is 7.98. The van der Waals surface area contributed by atoms with Gasteiger partial charge in [0.1, 0.15) is 6.10 Å². The van der Waals surface area contributed by atoms with Gasteiger partial charge in [-0.2, -0.15) is 0 Å². The number of rotatable bonds is 0. The normalized spacial score (nSPS) is 46.2. The van der Waals surface area contributed by atoms with E-state index in [9.17, 15) is 9.90 Å². The number of hydrogen-bond donors (Lipinski definition) is 1. The molecule has 24 heavy (non-hydrogen) atoms. The molecular formula is C20H30O4. The van der Waals surface area contributed by atoms with Gasteiger partial charge in [0.05, 0.1) is 17.3 Å². The molecule has 0 saturated carbocycles.